The number of hydrogen-bond acceptors (Lipinski definition) is 7. The molecule has 17 heavy (non-hydrogen) atoms. The maximum atomic E-state index is 10.6. The van der Waals surface area contributed by atoms with Gasteiger partial charge < -0.3 is 35.0 Å². The molecule has 1 aliphatic heterocycles. The van der Waals surface area contributed by atoms with Gasteiger partial charge in [-0.15, -0.1) is 0 Å². The van der Waals surface area contributed by atoms with E-state index in [1.807, 2.05) is 0 Å². The van der Waals surface area contributed by atoms with E-state index in [1.165, 1.54) is 6.92 Å². The lowest BCUT2D eigenvalue weighted by atomic mass is 9.99. The Hall–Kier alpha value is -0.770. The van der Waals surface area contributed by atoms with Crippen molar-refractivity contribution in [2.24, 2.45) is 0 Å². The molecule has 0 spiro atoms. The van der Waals surface area contributed by atoms with Gasteiger partial charge in [-0.05, 0) is 6.92 Å². The quantitative estimate of drug-likeness (QED) is 0.364. The topological polar surface area (TPSA) is 137 Å². The van der Waals surface area contributed by atoms with E-state index < -0.39 is 49.4 Å². The Balaban J connectivity index is 2.68. The number of carbonyl (C=O) groups is 1. The number of hydrogen-bond donors (Lipinski definition) is 5. The third-order valence-corrected chi connectivity index (χ3v) is 2.53. The predicted octanol–water partition coefficient (Wildman–Crippen LogP) is -2.72. The van der Waals surface area contributed by atoms with Crippen LogP contribution in [0.2, 0.25) is 0 Å². The first kappa shape index (κ1) is 14.3. The molecule has 1 aliphatic rings. The van der Waals surface area contributed by atoms with Crippen molar-refractivity contribution < 1.29 is 39.8 Å². The summed E-state index contributed by atoms with van der Waals surface area (Å²) >= 11 is 0. The van der Waals surface area contributed by atoms with E-state index in [0.29, 0.717) is 0 Å². The molecule has 8 heteroatoms. The molecule has 6 atom stereocenters. The molecule has 100 valence electrons. The number of rotatable bonds is 4. The fraction of sp³-hybridized carbons (Fsp3) is 0.889. The number of carboxylic acid groups (broad SMARTS) is 1. The second-order valence-corrected chi connectivity index (χ2v) is 3.81. The van der Waals surface area contributed by atoms with Crippen molar-refractivity contribution >= 4 is 5.97 Å². The SMILES string of the molecule is C[C@H](O[C@H]1O[C@H](CO)[C@@H](O)[C@H](O)[C@@H]1O)C(=O)O. The zero-order valence-corrected chi connectivity index (χ0v) is 9.13. The van der Waals surface area contributed by atoms with Crippen molar-refractivity contribution in [3.8, 4) is 0 Å². The molecule has 0 bridgehead atoms. The highest BCUT2D eigenvalue weighted by atomic mass is 16.7. The zero-order valence-electron chi connectivity index (χ0n) is 9.13. The third-order valence-electron chi connectivity index (χ3n) is 2.53. The van der Waals surface area contributed by atoms with Crippen LogP contribution in [0.3, 0.4) is 0 Å². The second kappa shape index (κ2) is 5.71. The van der Waals surface area contributed by atoms with Gasteiger partial charge >= 0.3 is 5.97 Å². The van der Waals surface area contributed by atoms with Crippen LogP contribution in [0.5, 0.6) is 0 Å². The minimum absolute atomic E-state index is 0.591. The molecule has 0 unspecified atom stereocenters. The van der Waals surface area contributed by atoms with E-state index in [-0.39, 0.29) is 0 Å². The van der Waals surface area contributed by atoms with E-state index in [4.69, 9.17) is 19.7 Å². The van der Waals surface area contributed by atoms with Crippen LogP contribution in [-0.2, 0) is 14.3 Å². The van der Waals surface area contributed by atoms with E-state index in [1.54, 1.807) is 0 Å². The molecule has 5 N–H and O–H groups in total. The predicted molar refractivity (Wildman–Crippen MR) is 52.0 cm³/mol. The molecule has 0 radical (unpaired) electrons. The Bertz CT molecular complexity index is 268. The highest BCUT2D eigenvalue weighted by Crippen LogP contribution is 2.22. The van der Waals surface area contributed by atoms with E-state index in [9.17, 15) is 20.1 Å². The molecule has 0 aromatic heterocycles. The van der Waals surface area contributed by atoms with E-state index in [2.05, 4.69) is 0 Å². The zero-order chi connectivity index (χ0) is 13.2. The third kappa shape index (κ3) is 3.12. The van der Waals surface area contributed by atoms with E-state index in [0.717, 1.165) is 0 Å². The summed E-state index contributed by atoms with van der Waals surface area (Å²) in [5, 5.41) is 45.9. The lowest BCUT2D eigenvalue weighted by Gasteiger charge is -2.40. The average molecular weight is 252 g/mol. The molecule has 0 saturated carbocycles. The summed E-state index contributed by atoms with van der Waals surface area (Å²) in [6, 6.07) is 0. The van der Waals surface area contributed by atoms with Gasteiger partial charge in [-0.1, -0.05) is 0 Å². The molecule has 8 nitrogen and oxygen atoms in total. The smallest absolute Gasteiger partial charge is 0.332 e. The van der Waals surface area contributed by atoms with Crippen LogP contribution in [0.15, 0.2) is 0 Å². The molecular formula is C9H16O8. The fourth-order valence-corrected chi connectivity index (χ4v) is 1.44. The summed E-state index contributed by atoms with van der Waals surface area (Å²) in [6.07, 6.45) is -8.44. The number of aliphatic carboxylic acids is 1. The molecule has 0 aliphatic carbocycles. The normalized spacial score (nSPS) is 39.9. The van der Waals surface area contributed by atoms with Crippen molar-refractivity contribution in [2.45, 2.75) is 43.7 Å². The summed E-state index contributed by atoms with van der Waals surface area (Å²) in [4.78, 5) is 10.6. The molecule has 0 amide bonds. The Morgan fingerprint density at radius 3 is 2.35 bits per heavy atom. The molecule has 1 saturated heterocycles. The highest BCUT2D eigenvalue weighted by molar-refractivity contribution is 5.71. The summed E-state index contributed by atoms with van der Waals surface area (Å²) in [5.41, 5.74) is 0. The number of aliphatic hydroxyl groups is 4. The second-order valence-electron chi connectivity index (χ2n) is 3.81. The minimum Gasteiger partial charge on any atom is -0.479 e. The standard InChI is InChI=1S/C9H16O8/c1-3(8(14)15)16-9-7(13)6(12)5(11)4(2-10)17-9/h3-7,9-13H,2H2,1H3,(H,14,15)/t3-,4+,5+,6-,7-,9-/m0/s1. The van der Waals surface area contributed by atoms with Gasteiger partial charge in [-0.2, -0.15) is 0 Å². The van der Waals surface area contributed by atoms with Gasteiger partial charge in [-0.25, -0.2) is 4.79 Å². The number of carboxylic acids is 1. The van der Waals surface area contributed by atoms with Gasteiger partial charge in [0.25, 0.3) is 0 Å². The highest BCUT2D eigenvalue weighted by Gasteiger charge is 2.44. The maximum Gasteiger partial charge on any atom is 0.332 e. The minimum atomic E-state index is -1.59. The Labute approximate surface area is 97.0 Å². The Kier molecular flexibility index (Phi) is 4.80. The van der Waals surface area contributed by atoms with Crippen LogP contribution in [0.4, 0.5) is 0 Å². The summed E-state index contributed by atoms with van der Waals surface area (Å²) in [5.74, 6) is -1.26. The summed E-state index contributed by atoms with van der Waals surface area (Å²) in [7, 11) is 0. The summed E-state index contributed by atoms with van der Waals surface area (Å²) in [6.45, 7) is 0.635. The Morgan fingerprint density at radius 1 is 1.29 bits per heavy atom. The first-order valence-corrected chi connectivity index (χ1v) is 5.07. The van der Waals surface area contributed by atoms with Crippen LogP contribution in [0.1, 0.15) is 6.92 Å². The van der Waals surface area contributed by atoms with Gasteiger partial charge in [0.2, 0.25) is 0 Å². The van der Waals surface area contributed by atoms with Crippen molar-refractivity contribution in [1.29, 1.82) is 0 Å². The molecule has 0 aromatic carbocycles. The van der Waals surface area contributed by atoms with Crippen LogP contribution >= 0.6 is 0 Å². The molecule has 1 fully saturated rings. The van der Waals surface area contributed by atoms with E-state index >= 15 is 0 Å². The summed E-state index contributed by atoms with van der Waals surface area (Å²) < 4.78 is 9.82. The van der Waals surface area contributed by atoms with Crippen molar-refractivity contribution in [1.82, 2.24) is 0 Å². The van der Waals surface area contributed by atoms with Crippen LogP contribution in [0, 0.1) is 0 Å². The number of ether oxygens (including phenoxy) is 2. The van der Waals surface area contributed by atoms with Crippen molar-refractivity contribution in [3.63, 3.8) is 0 Å². The first-order chi connectivity index (χ1) is 7.88. The fourth-order valence-electron chi connectivity index (χ4n) is 1.44. The number of aliphatic hydroxyl groups excluding tert-OH is 4. The average Bonchev–Trinajstić information content (AvgIpc) is 2.29. The van der Waals surface area contributed by atoms with Gasteiger partial charge in [-0.3, -0.25) is 0 Å². The molecule has 1 rings (SSSR count). The largest absolute Gasteiger partial charge is 0.479 e. The van der Waals surface area contributed by atoms with Gasteiger partial charge in [0.1, 0.15) is 24.4 Å². The first-order valence-electron chi connectivity index (χ1n) is 5.07. The van der Waals surface area contributed by atoms with Gasteiger partial charge in [0.15, 0.2) is 12.4 Å². The monoisotopic (exact) mass is 252 g/mol. The molecule has 1 heterocycles. The van der Waals surface area contributed by atoms with Crippen LogP contribution in [0.25, 0.3) is 0 Å². The van der Waals surface area contributed by atoms with Crippen LogP contribution in [-0.4, -0.2) is 74.9 Å². The molecular weight excluding hydrogens is 236 g/mol. The van der Waals surface area contributed by atoms with Crippen molar-refractivity contribution in [3.05, 3.63) is 0 Å². The lowest BCUT2D eigenvalue weighted by molar-refractivity contribution is -0.308. The lowest BCUT2D eigenvalue weighted by Crippen LogP contribution is -2.59. The van der Waals surface area contributed by atoms with Crippen molar-refractivity contribution in [2.75, 3.05) is 6.61 Å². The maximum absolute atomic E-state index is 10.6. The van der Waals surface area contributed by atoms with Gasteiger partial charge in [0.05, 0.1) is 6.61 Å². The van der Waals surface area contributed by atoms with Crippen LogP contribution < -0.4 is 0 Å². The molecule has 0 aromatic rings. The Morgan fingerprint density at radius 2 is 1.88 bits per heavy atom. The van der Waals surface area contributed by atoms with Gasteiger partial charge in [0, 0.05) is 0 Å².